The Morgan fingerprint density at radius 2 is 1.78 bits per heavy atom. The van der Waals surface area contributed by atoms with E-state index in [9.17, 15) is 12.8 Å². The smallest absolute Gasteiger partial charge is 0.228 e. The Bertz CT molecular complexity index is 1030. The lowest BCUT2D eigenvalue weighted by molar-refractivity contribution is 0.469. The van der Waals surface area contributed by atoms with Crippen molar-refractivity contribution in [3.63, 3.8) is 0 Å². The number of aromatic nitrogens is 1. The maximum absolute atomic E-state index is 13.2. The number of sulfone groups is 1. The average molecular weight is 426 g/mol. The number of rotatable bonds is 6. The third-order valence-electron chi connectivity index (χ3n) is 3.92. The zero-order chi connectivity index (χ0) is 19.6. The van der Waals surface area contributed by atoms with Crippen LogP contribution in [0.25, 0.3) is 11.5 Å². The highest BCUT2D eigenvalue weighted by Gasteiger charge is 2.29. The first-order valence-corrected chi connectivity index (χ1v) is 11.0. The lowest BCUT2D eigenvalue weighted by atomic mass is 10.2. The van der Waals surface area contributed by atoms with Gasteiger partial charge < -0.3 is 4.42 Å². The fourth-order valence-corrected chi connectivity index (χ4v) is 4.83. The van der Waals surface area contributed by atoms with Crippen LogP contribution < -0.4 is 0 Å². The van der Waals surface area contributed by atoms with Crippen LogP contribution in [0.1, 0.15) is 20.3 Å². The van der Waals surface area contributed by atoms with Crippen LogP contribution in [0, 0.1) is 5.82 Å². The molecular formula is C19H17ClFNO3S2. The molecule has 0 aliphatic rings. The van der Waals surface area contributed by atoms with Gasteiger partial charge in [0.2, 0.25) is 25.8 Å². The predicted molar refractivity (Wildman–Crippen MR) is 104 cm³/mol. The molecule has 4 nitrogen and oxygen atoms in total. The molecule has 0 amide bonds. The number of hydrogen-bond donors (Lipinski definition) is 0. The van der Waals surface area contributed by atoms with Crippen molar-refractivity contribution in [2.75, 3.05) is 0 Å². The molecule has 8 heteroatoms. The highest BCUT2D eigenvalue weighted by Crippen LogP contribution is 2.37. The molecule has 0 aliphatic carbocycles. The summed E-state index contributed by atoms with van der Waals surface area (Å²) in [7, 11) is -3.89. The van der Waals surface area contributed by atoms with Crippen LogP contribution in [0.15, 0.2) is 68.0 Å². The summed E-state index contributed by atoms with van der Waals surface area (Å²) in [6, 6.07) is 11.4. The van der Waals surface area contributed by atoms with Gasteiger partial charge in [0.05, 0.1) is 4.90 Å². The fraction of sp³-hybridized carbons (Fsp3) is 0.211. The molecule has 2 aromatic carbocycles. The van der Waals surface area contributed by atoms with E-state index >= 15 is 0 Å². The molecule has 0 spiro atoms. The van der Waals surface area contributed by atoms with Crippen LogP contribution in [0.3, 0.4) is 0 Å². The van der Waals surface area contributed by atoms with Crippen LogP contribution in [0.4, 0.5) is 4.39 Å². The van der Waals surface area contributed by atoms with Crippen molar-refractivity contribution in [3.8, 4) is 11.5 Å². The standard InChI is InChI=1S/C19H17ClFNO3S2/c1-3-12(2)26-19-18(27(23,24)16-10-6-14(20)7-11-16)22-17(25-19)13-4-8-15(21)9-5-13/h4-12H,3H2,1-2H3/t12-/m0/s1. The molecule has 0 bridgehead atoms. The molecule has 1 aromatic heterocycles. The van der Waals surface area contributed by atoms with Gasteiger partial charge in [-0.1, -0.05) is 37.2 Å². The average Bonchev–Trinajstić information content (AvgIpc) is 3.07. The Balaban J connectivity index is 2.11. The number of thioether (sulfide) groups is 1. The zero-order valence-corrected chi connectivity index (χ0v) is 17.0. The largest absolute Gasteiger partial charge is 0.428 e. The quantitative estimate of drug-likeness (QED) is 0.463. The van der Waals surface area contributed by atoms with E-state index in [1.54, 1.807) is 0 Å². The molecule has 0 fully saturated rings. The third-order valence-corrected chi connectivity index (χ3v) is 7.21. The summed E-state index contributed by atoms with van der Waals surface area (Å²) in [5.41, 5.74) is 0.500. The van der Waals surface area contributed by atoms with Crippen molar-refractivity contribution in [1.29, 1.82) is 0 Å². The highest BCUT2D eigenvalue weighted by atomic mass is 35.5. The molecule has 1 atom stereocenters. The monoisotopic (exact) mass is 425 g/mol. The van der Waals surface area contributed by atoms with E-state index in [1.165, 1.54) is 60.3 Å². The van der Waals surface area contributed by atoms with E-state index in [0.29, 0.717) is 10.6 Å². The van der Waals surface area contributed by atoms with Crippen molar-refractivity contribution >= 4 is 33.2 Å². The first kappa shape index (κ1) is 19.9. The molecule has 3 aromatic rings. The van der Waals surface area contributed by atoms with Crippen LogP contribution in [0.5, 0.6) is 0 Å². The molecule has 3 rings (SSSR count). The Hall–Kier alpha value is -1.83. The van der Waals surface area contributed by atoms with Gasteiger partial charge in [-0.2, -0.15) is 4.98 Å². The number of hydrogen-bond acceptors (Lipinski definition) is 5. The minimum Gasteiger partial charge on any atom is -0.428 e. The van der Waals surface area contributed by atoms with Crippen molar-refractivity contribution in [1.82, 2.24) is 4.98 Å². The summed E-state index contributed by atoms with van der Waals surface area (Å²) in [6.45, 7) is 3.98. The number of oxazole rings is 1. The van der Waals surface area contributed by atoms with Crippen LogP contribution >= 0.6 is 23.4 Å². The number of benzene rings is 2. The molecule has 0 N–H and O–H groups in total. The van der Waals surface area contributed by atoms with E-state index in [0.717, 1.165) is 6.42 Å². The molecule has 142 valence electrons. The Kier molecular flexibility index (Phi) is 5.93. The second kappa shape index (κ2) is 8.04. The van der Waals surface area contributed by atoms with Gasteiger partial charge in [-0.05, 0) is 55.0 Å². The number of halogens is 2. The Morgan fingerprint density at radius 3 is 2.37 bits per heavy atom. The van der Waals surface area contributed by atoms with E-state index in [1.807, 2.05) is 13.8 Å². The lowest BCUT2D eigenvalue weighted by Crippen LogP contribution is -2.05. The summed E-state index contributed by atoms with van der Waals surface area (Å²) in [5, 5.41) is 0.654. The summed E-state index contributed by atoms with van der Waals surface area (Å²) >= 11 is 7.16. The van der Waals surface area contributed by atoms with E-state index < -0.39 is 15.7 Å². The molecular weight excluding hydrogens is 409 g/mol. The van der Waals surface area contributed by atoms with Gasteiger partial charge in [0.15, 0.2) is 0 Å². The van der Waals surface area contributed by atoms with Crippen molar-refractivity contribution in [2.45, 2.75) is 40.5 Å². The van der Waals surface area contributed by atoms with Gasteiger partial charge in [-0.25, -0.2) is 12.8 Å². The number of nitrogens with zero attached hydrogens (tertiary/aromatic N) is 1. The third kappa shape index (κ3) is 4.36. The predicted octanol–water partition coefficient (Wildman–Crippen LogP) is 5.86. The zero-order valence-electron chi connectivity index (χ0n) is 14.6. The van der Waals surface area contributed by atoms with Gasteiger partial charge in [0, 0.05) is 15.8 Å². The molecule has 0 aliphatic heterocycles. The molecule has 0 saturated heterocycles. The van der Waals surface area contributed by atoms with Gasteiger partial charge in [0.25, 0.3) is 0 Å². The van der Waals surface area contributed by atoms with Crippen molar-refractivity contribution in [3.05, 3.63) is 59.4 Å². The summed E-state index contributed by atoms with van der Waals surface area (Å²) < 4.78 is 45.1. The maximum Gasteiger partial charge on any atom is 0.228 e. The van der Waals surface area contributed by atoms with Gasteiger partial charge in [-0.3, -0.25) is 0 Å². The van der Waals surface area contributed by atoms with E-state index in [4.69, 9.17) is 16.0 Å². The first-order valence-electron chi connectivity index (χ1n) is 8.25. The highest BCUT2D eigenvalue weighted by molar-refractivity contribution is 8.00. The first-order chi connectivity index (χ1) is 12.8. The summed E-state index contributed by atoms with van der Waals surface area (Å²) in [4.78, 5) is 4.32. The van der Waals surface area contributed by atoms with E-state index in [2.05, 4.69) is 4.98 Å². The van der Waals surface area contributed by atoms with Crippen LogP contribution in [0.2, 0.25) is 5.02 Å². The minimum absolute atomic E-state index is 0.0804. The van der Waals surface area contributed by atoms with Crippen molar-refractivity contribution < 1.29 is 17.2 Å². The van der Waals surface area contributed by atoms with Gasteiger partial charge >= 0.3 is 0 Å². The molecule has 0 saturated carbocycles. The maximum atomic E-state index is 13.2. The lowest BCUT2D eigenvalue weighted by Gasteiger charge is -2.07. The minimum atomic E-state index is -3.89. The van der Waals surface area contributed by atoms with E-state index in [-0.39, 0.29) is 26.2 Å². The summed E-state index contributed by atoms with van der Waals surface area (Å²) in [6.07, 6.45) is 0.831. The molecule has 27 heavy (non-hydrogen) atoms. The molecule has 0 unspecified atom stereocenters. The second-order valence-corrected chi connectivity index (χ2v) is 9.63. The molecule has 0 radical (unpaired) electrons. The topological polar surface area (TPSA) is 60.2 Å². The summed E-state index contributed by atoms with van der Waals surface area (Å²) in [5.74, 6) is -0.262. The Labute approximate surface area is 166 Å². The Morgan fingerprint density at radius 1 is 1.15 bits per heavy atom. The van der Waals surface area contributed by atoms with Crippen molar-refractivity contribution in [2.24, 2.45) is 0 Å². The SMILES string of the molecule is CC[C@H](C)Sc1oc(-c2ccc(F)cc2)nc1S(=O)(=O)c1ccc(Cl)cc1. The van der Waals surface area contributed by atoms with Gasteiger partial charge in [-0.15, -0.1) is 0 Å². The molecule has 1 heterocycles. The fourth-order valence-electron chi connectivity index (χ4n) is 2.24. The van der Waals surface area contributed by atoms with Gasteiger partial charge in [0.1, 0.15) is 5.82 Å². The normalized spacial score (nSPS) is 12.9. The second-order valence-electron chi connectivity index (χ2n) is 5.91. The van der Waals surface area contributed by atoms with Crippen LogP contribution in [-0.4, -0.2) is 18.7 Å². The van der Waals surface area contributed by atoms with Crippen LogP contribution in [-0.2, 0) is 9.84 Å².